The molecule has 1 N–H and O–H groups in total. The van der Waals surface area contributed by atoms with Gasteiger partial charge in [-0.2, -0.15) is 5.26 Å². The molecule has 1 aliphatic rings. The molecule has 3 aromatic heterocycles. The molecule has 0 unspecified atom stereocenters. The Morgan fingerprint density at radius 2 is 1.98 bits per heavy atom. The summed E-state index contributed by atoms with van der Waals surface area (Å²) in [6, 6.07) is 16.9. The molecule has 0 aliphatic carbocycles. The van der Waals surface area contributed by atoms with Gasteiger partial charge in [-0.15, -0.1) is 11.3 Å². The first-order valence-electron chi connectivity index (χ1n) is 13.7. The summed E-state index contributed by atoms with van der Waals surface area (Å²) in [6.07, 6.45) is 1.79. The van der Waals surface area contributed by atoms with E-state index in [0.717, 1.165) is 53.4 Å². The fraction of sp³-hybridized carbons (Fsp3) is 0.258. The maximum atomic E-state index is 14.3. The van der Waals surface area contributed by atoms with Crippen molar-refractivity contribution in [3.05, 3.63) is 104 Å². The van der Waals surface area contributed by atoms with Gasteiger partial charge in [0.2, 0.25) is 5.88 Å². The van der Waals surface area contributed by atoms with Crippen LogP contribution in [0.25, 0.3) is 11.0 Å². The lowest BCUT2D eigenvalue weighted by atomic mass is 9.93. The fourth-order valence-corrected chi connectivity index (χ4v) is 6.26. The first-order valence-corrected chi connectivity index (χ1v) is 14.9. The average molecular weight is 617 g/mol. The summed E-state index contributed by atoms with van der Waals surface area (Å²) in [5, 5.41) is 18.9. The monoisotopic (exact) mass is 616 g/mol. The van der Waals surface area contributed by atoms with Crippen LogP contribution >= 0.6 is 22.9 Å². The van der Waals surface area contributed by atoms with Crippen molar-refractivity contribution in [1.29, 1.82) is 5.26 Å². The smallest absolute Gasteiger partial charge is 0.335 e. The number of aromatic nitrogens is 4. The lowest BCUT2D eigenvalue weighted by molar-refractivity contribution is 0.0697. The molecule has 1 fully saturated rings. The number of halogens is 2. The predicted molar refractivity (Wildman–Crippen MR) is 160 cm³/mol. The molecule has 4 heterocycles. The van der Waals surface area contributed by atoms with Crippen LogP contribution in [0.15, 0.2) is 60.1 Å². The molecule has 0 amide bonds. The summed E-state index contributed by atoms with van der Waals surface area (Å²) >= 11 is 7.76. The number of pyridine rings is 1. The van der Waals surface area contributed by atoms with Gasteiger partial charge >= 0.3 is 5.97 Å². The largest absolute Gasteiger partial charge is 0.478 e. The van der Waals surface area contributed by atoms with E-state index in [-0.39, 0.29) is 23.7 Å². The van der Waals surface area contributed by atoms with Crippen LogP contribution in [0.5, 0.6) is 5.88 Å². The Balaban J connectivity index is 1.13. The zero-order valence-electron chi connectivity index (χ0n) is 22.9. The maximum absolute atomic E-state index is 14.3. The van der Waals surface area contributed by atoms with Gasteiger partial charge in [0.05, 0.1) is 51.7 Å². The molecule has 43 heavy (non-hydrogen) atoms. The number of nitriles is 1. The number of nitrogens with zero attached hydrogens (tertiary/aromatic N) is 6. The van der Waals surface area contributed by atoms with Crippen molar-refractivity contribution in [3.8, 4) is 11.9 Å². The molecule has 0 atom stereocenters. The van der Waals surface area contributed by atoms with E-state index >= 15 is 0 Å². The van der Waals surface area contributed by atoms with Gasteiger partial charge in [-0.25, -0.2) is 24.1 Å². The zero-order chi connectivity index (χ0) is 29.9. The Morgan fingerprint density at radius 3 is 2.70 bits per heavy atom. The van der Waals surface area contributed by atoms with Crippen molar-refractivity contribution in [2.75, 3.05) is 13.1 Å². The molecular formula is C31H26ClFN6O3S. The Bertz CT molecular complexity index is 1840. The number of carbonyl (C=O) groups is 1. The second-order valence-corrected chi connectivity index (χ2v) is 11.6. The molecular weight excluding hydrogens is 591 g/mol. The van der Waals surface area contributed by atoms with E-state index in [9.17, 15) is 14.3 Å². The highest BCUT2D eigenvalue weighted by atomic mass is 35.5. The van der Waals surface area contributed by atoms with E-state index in [4.69, 9.17) is 31.6 Å². The zero-order valence-corrected chi connectivity index (χ0v) is 24.5. The van der Waals surface area contributed by atoms with E-state index in [1.165, 1.54) is 17.4 Å². The van der Waals surface area contributed by atoms with Gasteiger partial charge in [0.25, 0.3) is 0 Å². The molecule has 0 saturated carbocycles. The van der Waals surface area contributed by atoms with Gasteiger partial charge in [0.15, 0.2) is 0 Å². The molecule has 0 bridgehead atoms. The molecule has 12 heteroatoms. The minimum Gasteiger partial charge on any atom is -0.478 e. The maximum Gasteiger partial charge on any atom is 0.335 e. The fourth-order valence-electron chi connectivity index (χ4n) is 5.32. The standard InChI is InChI=1S/C31H26ClFN6O3S/c32-30-27(43-18-35-30)15-39-26-13-21(31(40)41)6-7-25(26)36-28(39)16-38-10-8-20(9-11-38)24-2-1-3-29(37-24)42-17-22-5-4-19(14-34)12-23(22)33/h1-7,12-13,18,20H,8-11,15-17H2,(H,40,41). The number of thiazole rings is 1. The summed E-state index contributed by atoms with van der Waals surface area (Å²) in [5.74, 6) is 0.0513. The van der Waals surface area contributed by atoms with Crippen molar-refractivity contribution in [3.63, 3.8) is 0 Å². The van der Waals surface area contributed by atoms with E-state index in [2.05, 4.69) is 9.88 Å². The Morgan fingerprint density at radius 1 is 1.14 bits per heavy atom. The third-order valence-electron chi connectivity index (χ3n) is 7.64. The van der Waals surface area contributed by atoms with Crippen molar-refractivity contribution < 1.29 is 19.0 Å². The first kappa shape index (κ1) is 28.7. The predicted octanol–water partition coefficient (Wildman–Crippen LogP) is 6.26. The van der Waals surface area contributed by atoms with Gasteiger partial charge in [-0.05, 0) is 62.3 Å². The van der Waals surface area contributed by atoms with Crippen LogP contribution in [0.3, 0.4) is 0 Å². The molecule has 1 aliphatic heterocycles. The summed E-state index contributed by atoms with van der Waals surface area (Å²) in [7, 11) is 0. The number of piperidine rings is 1. The molecule has 0 spiro atoms. The normalized spacial score (nSPS) is 14.2. The first-order chi connectivity index (χ1) is 20.9. The van der Waals surface area contributed by atoms with Gasteiger partial charge in [-0.1, -0.05) is 23.7 Å². The van der Waals surface area contributed by atoms with Crippen LogP contribution in [-0.2, 0) is 19.7 Å². The summed E-state index contributed by atoms with van der Waals surface area (Å²) in [6.45, 7) is 2.75. The molecule has 1 saturated heterocycles. The third kappa shape index (κ3) is 6.37. The Labute approximate surface area is 255 Å². The van der Waals surface area contributed by atoms with Crippen LogP contribution in [0.2, 0.25) is 5.15 Å². The third-order valence-corrected chi connectivity index (χ3v) is 8.90. The Kier molecular flexibility index (Phi) is 8.33. The van der Waals surface area contributed by atoms with Crippen molar-refractivity contribution in [1.82, 2.24) is 24.4 Å². The number of aromatic carboxylic acids is 1. The van der Waals surface area contributed by atoms with Crippen LogP contribution in [-0.4, -0.2) is 48.6 Å². The van der Waals surface area contributed by atoms with E-state index in [0.29, 0.717) is 29.7 Å². The number of likely N-dealkylation sites (tertiary alicyclic amines) is 1. The van der Waals surface area contributed by atoms with Crippen LogP contribution < -0.4 is 4.74 Å². The highest BCUT2D eigenvalue weighted by molar-refractivity contribution is 7.10. The number of rotatable bonds is 9. The minimum absolute atomic E-state index is 0.0220. The second kappa shape index (κ2) is 12.5. The van der Waals surface area contributed by atoms with E-state index in [1.54, 1.807) is 41.9 Å². The molecule has 9 nitrogen and oxygen atoms in total. The van der Waals surface area contributed by atoms with Gasteiger partial charge in [0.1, 0.15) is 23.4 Å². The van der Waals surface area contributed by atoms with Gasteiger partial charge in [-0.3, -0.25) is 4.90 Å². The Hall–Kier alpha value is -4.37. The number of carboxylic acids is 1. The highest BCUT2D eigenvalue weighted by Gasteiger charge is 2.24. The molecule has 2 aromatic carbocycles. The lowest BCUT2D eigenvalue weighted by Gasteiger charge is -2.31. The van der Waals surface area contributed by atoms with Crippen LogP contribution in [0, 0.1) is 17.1 Å². The van der Waals surface area contributed by atoms with Crippen molar-refractivity contribution in [2.45, 2.75) is 38.5 Å². The molecule has 218 valence electrons. The molecule has 0 radical (unpaired) electrons. The van der Waals surface area contributed by atoms with E-state index in [1.807, 2.05) is 22.8 Å². The second-order valence-electron chi connectivity index (χ2n) is 10.3. The van der Waals surface area contributed by atoms with Crippen LogP contribution in [0.4, 0.5) is 4.39 Å². The lowest BCUT2D eigenvalue weighted by Crippen LogP contribution is -2.33. The summed E-state index contributed by atoms with van der Waals surface area (Å²) in [5.41, 5.74) is 4.95. The number of hydrogen-bond donors (Lipinski definition) is 1. The number of fused-ring (bicyclic) bond motifs is 1. The van der Waals surface area contributed by atoms with Crippen LogP contribution in [0.1, 0.15) is 56.6 Å². The summed E-state index contributed by atoms with van der Waals surface area (Å²) < 4.78 is 22.1. The van der Waals surface area contributed by atoms with Gasteiger partial charge < -0.3 is 14.4 Å². The minimum atomic E-state index is -0.987. The van der Waals surface area contributed by atoms with E-state index < -0.39 is 11.8 Å². The number of ether oxygens (including phenoxy) is 1. The topological polar surface area (TPSA) is 117 Å². The van der Waals surface area contributed by atoms with Crippen molar-refractivity contribution >= 4 is 39.9 Å². The highest BCUT2D eigenvalue weighted by Crippen LogP contribution is 2.30. The number of hydrogen-bond acceptors (Lipinski definition) is 8. The van der Waals surface area contributed by atoms with Crippen molar-refractivity contribution in [2.24, 2.45) is 0 Å². The number of benzene rings is 2. The molecule has 5 aromatic rings. The van der Waals surface area contributed by atoms with Gasteiger partial charge in [0, 0.05) is 23.2 Å². The summed E-state index contributed by atoms with van der Waals surface area (Å²) in [4.78, 5) is 28.6. The SMILES string of the molecule is N#Cc1ccc(COc2cccc(C3CCN(Cc4nc5ccc(C(=O)O)cc5n4Cc4scnc4Cl)CC3)n2)c(F)c1. The number of carboxylic acid groups (broad SMARTS) is 1. The molecule has 6 rings (SSSR count). The average Bonchev–Trinajstić information content (AvgIpc) is 3.58. The number of imidazole rings is 1. The quantitative estimate of drug-likeness (QED) is 0.206.